The first-order valence-electron chi connectivity index (χ1n) is 4.46. The lowest BCUT2D eigenvalue weighted by molar-refractivity contribution is 0.0695. The van der Waals surface area contributed by atoms with Crippen molar-refractivity contribution in [2.45, 2.75) is 17.1 Å². The largest absolute Gasteiger partial charge is 0.478 e. The molecule has 0 aromatic heterocycles. The van der Waals surface area contributed by atoms with Gasteiger partial charge >= 0.3 is 5.97 Å². The van der Waals surface area contributed by atoms with Gasteiger partial charge in [0, 0.05) is 10.1 Å². The molecule has 0 saturated heterocycles. The van der Waals surface area contributed by atoms with Gasteiger partial charge in [0.2, 0.25) is 0 Å². The average Bonchev–Trinajstić information content (AvgIpc) is 2.24. The number of thioether (sulfide) groups is 1. The van der Waals surface area contributed by atoms with Crippen molar-refractivity contribution >= 4 is 33.7 Å². The molecule has 0 aliphatic carbocycles. The molecule has 0 aliphatic rings. The lowest BCUT2D eigenvalue weighted by Gasteiger charge is -2.10. The maximum absolute atomic E-state index is 13.7. The first-order chi connectivity index (χ1) is 7.47. The van der Waals surface area contributed by atoms with Crippen LogP contribution in [0, 0.1) is 5.82 Å². The first-order valence-corrected chi connectivity index (χ1v) is 6.13. The molecule has 3 nitrogen and oxygen atoms in total. The van der Waals surface area contributed by atoms with E-state index in [-0.39, 0.29) is 21.9 Å². The van der Waals surface area contributed by atoms with Gasteiger partial charge in [0.15, 0.2) is 5.82 Å². The van der Waals surface area contributed by atoms with E-state index in [4.69, 9.17) is 10.2 Å². The van der Waals surface area contributed by atoms with Gasteiger partial charge in [-0.2, -0.15) is 0 Å². The van der Waals surface area contributed by atoms with Gasteiger partial charge in [0.1, 0.15) is 0 Å². The number of hydrogen-bond donors (Lipinski definition) is 2. The summed E-state index contributed by atoms with van der Waals surface area (Å²) in [7, 11) is 0. The molecular weight excluding hydrogens is 299 g/mol. The Labute approximate surface area is 105 Å². The predicted molar refractivity (Wildman–Crippen MR) is 63.5 cm³/mol. The summed E-state index contributed by atoms with van der Waals surface area (Å²) in [6, 6.07) is 2.74. The number of aromatic carboxylic acids is 1. The molecule has 0 heterocycles. The molecule has 1 aromatic rings. The fraction of sp³-hybridized carbons (Fsp3) is 0.300. The number of carboxylic acid groups (broad SMARTS) is 1. The van der Waals surface area contributed by atoms with Gasteiger partial charge in [0.05, 0.1) is 16.6 Å². The lowest BCUT2D eigenvalue weighted by Crippen LogP contribution is -2.04. The van der Waals surface area contributed by atoms with E-state index in [1.165, 1.54) is 12.1 Å². The van der Waals surface area contributed by atoms with E-state index in [0.717, 1.165) is 11.8 Å². The number of carbonyl (C=O) groups is 1. The second kappa shape index (κ2) is 5.65. The zero-order valence-electron chi connectivity index (χ0n) is 8.41. The van der Waals surface area contributed by atoms with E-state index in [1.807, 2.05) is 0 Å². The summed E-state index contributed by atoms with van der Waals surface area (Å²) in [5, 5.41) is 17.5. The number of aliphatic hydroxyl groups excluding tert-OH is 1. The molecule has 1 rings (SSSR count). The second-order valence-corrected chi connectivity index (χ2v) is 5.43. The van der Waals surface area contributed by atoms with Crippen molar-refractivity contribution in [2.24, 2.45) is 0 Å². The minimum absolute atomic E-state index is 0.0601. The Bertz CT molecular complexity index is 411. The Morgan fingerprint density at radius 2 is 2.25 bits per heavy atom. The highest BCUT2D eigenvalue weighted by Gasteiger charge is 2.17. The van der Waals surface area contributed by atoms with Crippen molar-refractivity contribution in [3.63, 3.8) is 0 Å². The predicted octanol–water partition coefficient (Wildman–Crippen LogP) is 2.76. The first kappa shape index (κ1) is 13.5. The SMILES string of the molecule is CC(CO)Sc1ccc(C(=O)O)c(Br)c1F. The van der Waals surface area contributed by atoms with Crippen LogP contribution in [0.4, 0.5) is 4.39 Å². The Kier molecular flexibility index (Phi) is 4.76. The summed E-state index contributed by atoms with van der Waals surface area (Å²) in [6.07, 6.45) is 0. The Morgan fingerprint density at radius 3 is 2.75 bits per heavy atom. The Morgan fingerprint density at radius 1 is 1.62 bits per heavy atom. The number of hydrogen-bond acceptors (Lipinski definition) is 3. The van der Waals surface area contributed by atoms with Gasteiger partial charge in [-0.3, -0.25) is 0 Å². The van der Waals surface area contributed by atoms with E-state index < -0.39 is 11.8 Å². The van der Waals surface area contributed by atoms with Crippen LogP contribution in [0.1, 0.15) is 17.3 Å². The summed E-state index contributed by atoms with van der Waals surface area (Å²) >= 11 is 4.07. The van der Waals surface area contributed by atoms with Crippen molar-refractivity contribution in [3.05, 3.63) is 28.0 Å². The number of benzene rings is 1. The van der Waals surface area contributed by atoms with Gasteiger partial charge in [-0.1, -0.05) is 6.92 Å². The number of halogens is 2. The maximum atomic E-state index is 13.7. The third-order valence-corrected chi connectivity index (χ3v) is 3.76. The van der Waals surface area contributed by atoms with Crippen LogP contribution in [0.5, 0.6) is 0 Å². The Balaban J connectivity index is 3.07. The van der Waals surface area contributed by atoms with E-state index in [9.17, 15) is 9.18 Å². The van der Waals surface area contributed by atoms with Crippen molar-refractivity contribution in [3.8, 4) is 0 Å². The minimum atomic E-state index is -1.18. The number of carboxylic acids is 1. The highest BCUT2D eigenvalue weighted by atomic mass is 79.9. The molecule has 0 aliphatic heterocycles. The van der Waals surface area contributed by atoms with Crippen molar-refractivity contribution in [1.82, 2.24) is 0 Å². The van der Waals surface area contributed by atoms with Gasteiger partial charge < -0.3 is 10.2 Å². The normalized spacial score (nSPS) is 12.5. The van der Waals surface area contributed by atoms with Crippen LogP contribution in [0.3, 0.4) is 0 Å². The van der Waals surface area contributed by atoms with E-state index in [1.54, 1.807) is 6.92 Å². The molecule has 0 radical (unpaired) electrons. The molecule has 88 valence electrons. The van der Waals surface area contributed by atoms with Crippen molar-refractivity contribution in [1.29, 1.82) is 0 Å². The fourth-order valence-corrected chi connectivity index (χ4v) is 2.55. The van der Waals surface area contributed by atoms with Crippen LogP contribution in [-0.4, -0.2) is 28.0 Å². The van der Waals surface area contributed by atoms with Gasteiger partial charge in [-0.25, -0.2) is 9.18 Å². The number of rotatable bonds is 4. The highest BCUT2D eigenvalue weighted by molar-refractivity contribution is 9.10. The summed E-state index contributed by atoms with van der Waals surface area (Å²) < 4.78 is 13.6. The third kappa shape index (κ3) is 2.96. The monoisotopic (exact) mass is 308 g/mol. The number of aliphatic hydroxyl groups is 1. The van der Waals surface area contributed by atoms with Gasteiger partial charge in [-0.05, 0) is 28.1 Å². The molecule has 1 aromatic carbocycles. The van der Waals surface area contributed by atoms with Crippen LogP contribution < -0.4 is 0 Å². The van der Waals surface area contributed by atoms with Crippen LogP contribution in [0.2, 0.25) is 0 Å². The Hall–Kier alpha value is -0.590. The topological polar surface area (TPSA) is 57.5 Å². The van der Waals surface area contributed by atoms with E-state index in [0.29, 0.717) is 4.90 Å². The van der Waals surface area contributed by atoms with Crippen LogP contribution >= 0.6 is 27.7 Å². The average molecular weight is 309 g/mol. The summed E-state index contributed by atoms with van der Waals surface area (Å²) in [4.78, 5) is 11.0. The molecule has 6 heteroatoms. The molecule has 0 spiro atoms. The summed E-state index contributed by atoms with van der Waals surface area (Å²) in [6.45, 7) is 1.69. The maximum Gasteiger partial charge on any atom is 0.336 e. The zero-order chi connectivity index (χ0) is 12.3. The minimum Gasteiger partial charge on any atom is -0.478 e. The zero-order valence-corrected chi connectivity index (χ0v) is 10.8. The van der Waals surface area contributed by atoms with Gasteiger partial charge in [0.25, 0.3) is 0 Å². The van der Waals surface area contributed by atoms with Crippen molar-refractivity contribution < 1.29 is 19.4 Å². The summed E-state index contributed by atoms with van der Waals surface area (Å²) in [5.41, 5.74) is -0.112. The molecule has 0 bridgehead atoms. The van der Waals surface area contributed by atoms with Crippen LogP contribution in [0.25, 0.3) is 0 Å². The molecule has 1 unspecified atom stereocenters. The molecule has 0 amide bonds. The highest BCUT2D eigenvalue weighted by Crippen LogP contribution is 2.32. The summed E-state index contributed by atoms with van der Waals surface area (Å²) in [5.74, 6) is -1.79. The lowest BCUT2D eigenvalue weighted by atomic mass is 10.2. The molecule has 2 N–H and O–H groups in total. The molecule has 0 fully saturated rings. The third-order valence-electron chi connectivity index (χ3n) is 1.86. The standard InChI is InChI=1S/C10H10BrFO3S/c1-5(4-13)16-7-3-2-6(10(14)15)8(11)9(7)12/h2-3,5,13H,4H2,1H3,(H,14,15). The molecule has 1 atom stereocenters. The van der Waals surface area contributed by atoms with E-state index in [2.05, 4.69) is 15.9 Å². The fourth-order valence-electron chi connectivity index (χ4n) is 1.04. The van der Waals surface area contributed by atoms with E-state index >= 15 is 0 Å². The smallest absolute Gasteiger partial charge is 0.336 e. The van der Waals surface area contributed by atoms with Crippen LogP contribution in [-0.2, 0) is 0 Å². The molecule has 16 heavy (non-hydrogen) atoms. The molecule has 0 saturated carbocycles. The second-order valence-electron chi connectivity index (χ2n) is 3.16. The quantitative estimate of drug-likeness (QED) is 0.840. The molecular formula is C10H10BrFO3S. The van der Waals surface area contributed by atoms with Crippen LogP contribution in [0.15, 0.2) is 21.5 Å². The van der Waals surface area contributed by atoms with Gasteiger partial charge in [-0.15, -0.1) is 11.8 Å². The van der Waals surface area contributed by atoms with Crippen molar-refractivity contribution in [2.75, 3.05) is 6.61 Å².